The van der Waals surface area contributed by atoms with Crippen LogP contribution in [0, 0.1) is 12.3 Å². The van der Waals surface area contributed by atoms with Crippen LogP contribution in [0.3, 0.4) is 0 Å². The Kier molecular flexibility index (Phi) is 2.51. The SMILES string of the molecule is C#Cc1cncc([C@@H]2CCCN2C)c1. The lowest BCUT2D eigenvalue weighted by Gasteiger charge is -2.19. The summed E-state index contributed by atoms with van der Waals surface area (Å²) < 4.78 is 0. The first-order valence-electron chi connectivity index (χ1n) is 4.93. The second-order valence-corrected chi connectivity index (χ2v) is 3.79. The highest BCUT2D eigenvalue weighted by atomic mass is 15.1. The predicted molar refractivity (Wildman–Crippen MR) is 56.8 cm³/mol. The van der Waals surface area contributed by atoms with Crippen LogP contribution in [0.5, 0.6) is 0 Å². The molecule has 72 valence electrons. The van der Waals surface area contributed by atoms with Crippen LogP contribution < -0.4 is 0 Å². The van der Waals surface area contributed by atoms with Crippen LogP contribution >= 0.6 is 0 Å². The molecule has 1 aliphatic rings. The maximum absolute atomic E-state index is 5.35. The molecule has 0 saturated carbocycles. The molecule has 14 heavy (non-hydrogen) atoms. The van der Waals surface area contributed by atoms with Gasteiger partial charge >= 0.3 is 0 Å². The summed E-state index contributed by atoms with van der Waals surface area (Å²) in [4.78, 5) is 6.52. The van der Waals surface area contributed by atoms with Gasteiger partial charge in [-0.05, 0) is 38.1 Å². The number of rotatable bonds is 1. The first kappa shape index (κ1) is 9.23. The van der Waals surface area contributed by atoms with Crippen molar-refractivity contribution in [2.45, 2.75) is 18.9 Å². The summed E-state index contributed by atoms with van der Waals surface area (Å²) >= 11 is 0. The van der Waals surface area contributed by atoms with Crippen molar-refractivity contribution in [3.8, 4) is 12.3 Å². The quantitative estimate of drug-likeness (QED) is 0.622. The van der Waals surface area contributed by atoms with Crippen LogP contribution in [0.15, 0.2) is 18.5 Å². The normalized spacial score (nSPS) is 22.1. The van der Waals surface area contributed by atoms with Gasteiger partial charge in [0, 0.05) is 24.0 Å². The molecule has 2 heterocycles. The number of aromatic nitrogens is 1. The standard InChI is InChI=1S/C12H14N2/c1-3-10-7-11(9-13-8-10)12-5-4-6-14(12)2/h1,7-9,12H,4-6H2,2H3/t12-/m0/s1. The van der Waals surface area contributed by atoms with Crippen molar-refractivity contribution in [3.05, 3.63) is 29.6 Å². The Morgan fingerprint density at radius 1 is 1.57 bits per heavy atom. The molecule has 1 aliphatic heterocycles. The summed E-state index contributed by atoms with van der Waals surface area (Å²) in [5.74, 6) is 2.62. The molecule has 1 saturated heterocycles. The van der Waals surface area contributed by atoms with E-state index in [2.05, 4.69) is 28.9 Å². The zero-order chi connectivity index (χ0) is 9.97. The van der Waals surface area contributed by atoms with E-state index in [-0.39, 0.29) is 0 Å². The Morgan fingerprint density at radius 2 is 2.43 bits per heavy atom. The maximum Gasteiger partial charge on any atom is 0.0429 e. The van der Waals surface area contributed by atoms with Gasteiger partial charge in [-0.2, -0.15) is 0 Å². The minimum atomic E-state index is 0.510. The van der Waals surface area contributed by atoms with E-state index >= 15 is 0 Å². The summed E-state index contributed by atoms with van der Waals surface area (Å²) in [6.45, 7) is 1.17. The average molecular weight is 186 g/mol. The summed E-state index contributed by atoms with van der Waals surface area (Å²) in [6.07, 6.45) is 11.5. The van der Waals surface area contributed by atoms with Crippen LogP contribution in [0.2, 0.25) is 0 Å². The molecular formula is C12H14N2. The van der Waals surface area contributed by atoms with Crippen molar-refractivity contribution >= 4 is 0 Å². The fraction of sp³-hybridized carbons (Fsp3) is 0.417. The number of likely N-dealkylation sites (tertiary alicyclic amines) is 1. The molecular weight excluding hydrogens is 172 g/mol. The maximum atomic E-state index is 5.35. The molecule has 1 atom stereocenters. The Labute approximate surface area is 85.0 Å². The number of terminal acetylenes is 1. The Morgan fingerprint density at radius 3 is 3.07 bits per heavy atom. The van der Waals surface area contributed by atoms with Crippen molar-refractivity contribution in [3.63, 3.8) is 0 Å². The van der Waals surface area contributed by atoms with Gasteiger partial charge in [-0.15, -0.1) is 6.42 Å². The highest BCUT2D eigenvalue weighted by Crippen LogP contribution is 2.29. The molecule has 0 aliphatic carbocycles. The van der Waals surface area contributed by atoms with Gasteiger partial charge in [0.15, 0.2) is 0 Å². The fourth-order valence-corrected chi connectivity index (χ4v) is 2.05. The van der Waals surface area contributed by atoms with E-state index in [1.807, 2.05) is 6.20 Å². The van der Waals surface area contributed by atoms with Crippen LogP contribution in [0.25, 0.3) is 0 Å². The molecule has 2 heteroatoms. The number of nitrogens with zero attached hydrogens (tertiary/aromatic N) is 2. The van der Waals surface area contributed by atoms with E-state index < -0.39 is 0 Å². The van der Waals surface area contributed by atoms with Crippen LogP contribution in [0.4, 0.5) is 0 Å². The minimum Gasteiger partial charge on any atom is -0.299 e. The van der Waals surface area contributed by atoms with Crippen molar-refractivity contribution in [1.29, 1.82) is 0 Å². The third kappa shape index (κ3) is 1.64. The molecule has 2 rings (SSSR count). The predicted octanol–water partition coefficient (Wildman–Crippen LogP) is 1.83. The van der Waals surface area contributed by atoms with E-state index in [0.29, 0.717) is 6.04 Å². The lowest BCUT2D eigenvalue weighted by atomic mass is 10.1. The molecule has 0 radical (unpaired) electrons. The molecule has 0 aromatic carbocycles. The monoisotopic (exact) mass is 186 g/mol. The third-order valence-corrected chi connectivity index (χ3v) is 2.83. The number of hydrogen-bond donors (Lipinski definition) is 0. The topological polar surface area (TPSA) is 16.1 Å². The number of pyridine rings is 1. The van der Waals surface area contributed by atoms with Gasteiger partial charge in [0.2, 0.25) is 0 Å². The largest absolute Gasteiger partial charge is 0.299 e. The second kappa shape index (κ2) is 3.81. The Hall–Kier alpha value is -1.33. The van der Waals surface area contributed by atoms with Gasteiger partial charge in [-0.25, -0.2) is 0 Å². The van der Waals surface area contributed by atoms with E-state index in [1.165, 1.54) is 24.9 Å². The van der Waals surface area contributed by atoms with Gasteiger partial charge in [-0.1, -0.05) is 5.92 Å². The van der Waals surface area contributed by atoms with Crippen LogP contribution in [-0.2, 0) is 0 Å². The third-order valence-electron chi connectivity index (χ3n) is 2.83. The molecule has 0 amide bonds. The molecule has 1 aromatic heterocycles. The molecule has 0 unspecified atom stereocenters. The van der Waals surface area contributed by atoms with Crippen molar-refractivity contribution in [1.82, 2.24) is 9.88 Å². The van der Waals surface area contributed by atoms with E-state index in [0.717, 1.165) is 5.56 Å². The van der Waals surface area contributed by atoms with Gasteiger partial charge in [-0.3, -0.25) is 9.88 Å². The molecule has 1 fully saturated rings. The molecule has 1 aromatic rings. The van der Waals surface area contributed by atoms with Crippen LogP contribution in [-0.4, -0.2) is 23.5 Å². The van der Waals surface area contributed by atoms with E-state index in [1.54, 1.807) is 6.20 Å². The lowest BCUT2D eigenvalue weighted by Crippen LogP contribution is -2.17. The first-order chi connectivity index (χ1) is 6.81. The first-order valence-corrected chi connectivity index (χ1v) is 4.93. The summed E-state index contributed by atoms with van der Waals surface area (Å²) in [6, 6.07) is 2.58. The van der Waals surface area contributed by atoms with Crippen molar-refractivity contribution in [2.75, 3.05) is 13.6 Å². The molecule has 2 nitrogen and oxygen atoms in total. The van der Waals surface area contributed by atoms with Gasteiger partial charge in [0.25, 0.3) is 0 Å². The highest BCUT2D eigenvalue weighted by Gasteiger charge is 2.22. The highest BCUT2D eigenvalue weighted by molar-refractivity contribution is 5.33. The molecule has 0 N–H and O–H groups in total. The molecule has 0 spiro atoms. The molecule has 0 bridgehead atoms. The van der Waals surface area contributed by atoms with Gasteiger partial charge < -0.3 is 0 Å². The summed E-state index contributed by atoms with van der Waals surface area (Å²) in [5, 5.41) is 0. The smallest absolute Gasteiger partial charge is 0.0429 e. The van der Waals surface area contributed by atoms with Gasteiger partial charge in [0.05, 0.1) is 0 Å². The summed E-state index contributed by atoms with van der Waals surface area (Å²) in [7, 11) is 2.15. The van der Waals surface area contributed by atoms with Crippen LogP contribution in [0.1, 0.15) is 30.0 Å². The Balaban J connectivity index is 2.28. The zero-order valence-corrected chi connectivity index (χ0v) is 8.40. The zero-order valence-electron chi connectivity index (χ0n) is 8.40. The lowest BCUT2D eigenvalue weighted by molar-refractivity contribution is 0.317. The second-order valence-electron chi connectivity index (χ2n) is 3.79. The fourth-order valence-electron chi connectivity index (χ4n) is 2.05. The summed E-state index contributed by atoms with van der Waals surface area (Å²) in [5.41, 5.74) is 2.13. The minimum absolute atomic E-state index is 0.510. The van der Waals surface area contributed by atoms with Gasteiger partial charge in [0.1, 0.15) is 0 Å². The van der Waals surface area contributed by atoms with E-state index in [4.69, 9.17) is 6.42 Å². The number of hydrogen-bond acceptors (Lipinski definition) is 2. The Bertz CT molecular complexity index is 365. The van der Waals surface area contributed by atoms with Crippen molar-refractivity contribution < 1.29 is 0 Å². The average Bonchev–Trinajstić information content (AvgIpc) is 2.65. The van der Waals surface area contributed by atoms with Crippen molar-refractivity contribution in [2.24, 2.45) is 0 Å². The van der Waals surface area contributed by atoms with E-state index in [9.17, 15) is 0 Å².